The SMILES string of the molecule is O=C(O)C1COCCN1C(=O)[C@@H]1Cc2ccccc2N1. The summed E-state index contributed by atoms with van der Waals surface area (Å²) in [5.41, 5.74) is 2.04. The van der Waals surface area contributed by atoms with Crippen molar-refractivity contribution in [2.24, 2.45) is 0 Å². The Morgan fingerprint density at radius 2 is 2.15 bits per heavy atom. The summed E-state index contributed by atoms with van der Waals surface area (Å²) >= 11 is 0. The second-order valence-electron chi connectivity index (χ2n) is 5.02. The zero-order valence-corrected chi connectivity index (χ0v) is 10.9. The molecule has 0 radical (unpaired) electrons. The van der Waals surface area contributed by atoms with Crippen LogP contribution in [0.3, 0.4) is 0 Å². The number of rotatable bonds is 2. The van der Waals surface area contributed by atoms with Crippen LogP contribution in [0.4, 0.5) is 5.69 Å². The van der Waals surface area contributed by atoms with E-state index in [0.29, 0.717) is 19.6 Å². The number of para-hydroxylation sites is 1. The van der Waals surface area contributed by atoms with E-state index in [2.05, 4.69) is 5.32 Å². The number of carboxylic acids is 1. The summed E-state index contributed by atoms with van der Waals surface area (Å²) in [4.78, 5) is 25.1. The number of fused-ring (bicyclic) bond motifs is 1. The van der Waals surface area contributed by atoms with Crippen LogP contribution in [0.5, 0.6) is 0 Å². The summed E-state index contributed by atoms with van der Waals surface area (Å²) in [7, 11) is 0. The van der Waals surface area contributed by atoms with Gasteiger partial charge in [0.1, 0.15) is 6.04 Å². The molecule has 2 N–H and O–H groups in total. The number of amides is 1. The van der Waals surface area contributed by atoms with Crippen molar-refractivity contribution in [3.63, 3.8) is 0 Å². The van der Waals surface area contributed by atoms with Gasteiger partial charge in [0.2, 0.25) is 5.91 Å². The Bertz CT molecular complexity index is 521. The lowest BCUT2D eigenvalue weighted by Crippen LogP contribution is -2.56. The molecule has 2 aliphatic heterocycles. The fraction of sp³-hybridized carbons (Fsp3) is 0.429. The number of nitrogens with zero attached hydrogens (tertiary/aromatic N) is 1. The van der Waals surface area contributed by atoms with Gasteiger partial charge in [0.25, 0.3) is 0 Å². The highest BCUT2D eigenvalue weighted by Gasteiger charge is 2.37. The quantitative estimate of drug-likeness (QED) is 0.814. The minimum absolute atomic E-state index is 0.0563. The van der Waals surface area contributed by atoms with Gasteiger partial charge in [-0.3, -0.25) is 4.79 Å². The minimum atomic E-state index is -1.02. The number of nitrogens with one attached hydrogen (secondary N) is 1. The number of hydrogen-bond donors (Lipinski definition) is 2. The molecule has 0 saturated carbocycles. The molecule has 1 aromatic carbocycles. The predicted octanol–water partition coefficient (Wildman–Crippen LogP) is 0.335. The Morgan fingerprint density at radius 1 is 1.35 bits per heavy atom. The maximum absolute atomic E-state index is 12.5. The lowest BCUT2D eigenvalue weighted by molar-refractivity contribution is -0.158. The number of morpholine rings is 1. The summed E-state index contributed by atoms with van der Waals surface area (Å²) in [6.45, 7) is 0.764. The fourth-order valence-corrected chi connectivity index (χ4v) is 2.72. The number of carboxylic acid groups (broad SMARTS) is 1. The Labute approximate surface area is 116 Å². The second-order valence-corrected chi connectivity index (χ2v) is 5.02. The minimum Gasteiger partial charge on any atom is -0.480 e. The molecular formula is C14H16N2O4. The molecule has 2 atom stereocenters. The highest BCUT2D eigenvalue weighted by atomic mass is 16.5. The van der Waals surface area contributed by atoms with Crippen molar-refractivity contribution in [1.29, 1.82) is 0 Å². The number of aliphatic carboxylic acids is 1. The van der Waals surface area contributed by atoms with Crippen LogP contribution in [0.15, 0.2) is 24.3 Å². The lowest BCUT2D eigenvalue weighted by atomic mass is 10.1. The zero-order valence-electron chi connectivity index (χ0n) is 10.9. The summed E-state index contributed by atoms with van der Waals surface area (Å²) in [5.74, 6) is -1.19. The Hall–Kier alpha value is -2.08. The van der Waals surface area contributed by atoms with Gasteiger partial charge in [-0.15, -0.1) is 0 Å². The van der Waals surface area contributed by atoms with Crippen LogP contribution in [0.2, 0.25) is 0 Å². The summed E-state index contributed by atoms with van der Waals surface area (Å²) in [6, 6.07) is 6.48. The van der Waals surface area contributed by atoms with Gasteiger partial charge in [0.15, 0.2) is 6.04 Å². The standard InChI is InChI=1S/C14H16N2O4/c17-13(16-5-6-20-8-12(16)14(18)19)11-7-9-3-1-2-4-10(9)15-11/h1-4,11-12,15H,5-8H2,(H,18,19)/t11-,12?/m0/s1. The number of ether oxygens (including phenoxy) is 1. The van der Waals surface area contributed by atoms with Crippen molar-refractivity contribution in [3.8, 4) is 0 Å². The van der Waals surface area contributed by atoms with E-state index >= 15 is 0 Å². The molecule has 2 aliphatic rings. The van der Waals surface area contributed by atoms with Crippen molar-refractivity contribution < 1.29 is 19.4 Å². The van der Waals surface area contributed by atoms with Crippen molar-refractivity contribution in [2.75, 3.05) is 25.1 Å². The van der Waals surface area contributed by atoms with Crippen LogP contribution in [0.25, 0.3) is 0 Å². The predicted molar refractivity (Wildman–Crippen MR) is 71.5 cm³/mol. The maximum atomic E-state index is 12.5. The topological polar surface area (TPSA) is 78.9 Å². The highest BCUT2D eigenvalue weighted by Crippen LogP contribution is 2.26. The number of carbonyl (C=O) groups is 2. The normalized spacial score (nSPS) is 24.9. The third-order valence-electron chi connectivity index (χ3n) is 3.77. The zero-order chi connectivity index (χ0) is 14.1. The summed E-state index contributed by atoms with van der Waals surface area (Å²) < 4.78 is 5.15. The molecule has 20 heavy (non-hydrogen) atoms. The van der Waals surface area contributed by atoms with Gasteiger partial charge in [0.05, 0.1) is 13.2 Å². The van der Waals surface area contributed by atoms with E-state index in [0.717, 1.165) is 11.3 Å². The Kier molecular flexibility index (Phi) is 3.31. The molecule has 1 unspecified atom stereocenters. The molecule has 0 aromatic heterocycles. The average Bonchev–Trinajstić information content (AvgIpc) is 2.90. The second kappa shape index (κ2) is 5.13. The molecule has 0 aliphatic carbocycles. The Balaban J connectivity index is 1.75. The smallest absolute Gasteiger partial charge is 0.328 e. The average molecular weight is 276 g/mol. The number of benzene rings is 1. The molecule has 1 aromatic rings. The van der Waals surface area contributed by atoms with Gasteiger partial charge in [0, 0.05) is 18.7 Å². The molecule has 0 bridgehead atoms. The lowest BCUT2D eigenvalue weighted by Gasteiger charge is -2.34. The van der Waals surface area contributed by atoms with E-state index in [1.165, 1.54) is 4.90 Å². The van der Waals surface area contributed by atoms with Crippen LogP contribution in [-0.4, -0.2) is 53.7 Å². The first-order chi connectivity index (χ1) is 9.66. The van der Waals surface area contributed by atoms with E-state index in [9.17, 15) is 14.7 Å². The van der Waals surface area contributed by atoms with Crippen molar-refractivity contribution in [2.45, 2.75) is 18.5 Å². The first-order valence-electron chi connectivity index (χ1n) is 6.62. The molecule has 6 nitrogen and oxygen atoms in total. The van der Waals surface area contributed by atoms with Gasteiger partial charge < -0.3 is 20.1 Å². The number of carbonyl (C=O) groups excluding carboxylic acids is 1. The fourth-order valence-electron chi connectivity index (χ4n) is 2.72. The molecule has 2 heterocycles. The summed E-state index contributed by atoms with van der Waals surface area (Å²) in [6.07, 6.45) is 0.596. The molecular weight excluding hydrogens is 260 g/mol. The molecule has 106 valence electrons. The Morgan fingerprint density at radius 3 is 2.90 bits per heavy atom. The molecule has 1 saturated heterocycles. The molecule has 3 rings (SSSR count). The number of hydrogen-bond acceptors (Lipinski definition) is 4. The van der Waals surface area contributed by atoms with E-state index in [4.69, 9.17) is 4.74 Å². The molecule has 1 amide bonds. The third kappa shape index (κ3) is 2.22. The largest absolute Gasteiger partial charge is 0.480 e. The first-order valence-corrected chi connectivity index (χ1v) is 6.62. The van der Waals surface area contributed by atoms with Crippen LogP contribution >= 0.6 is 0 Å². The van der Waals surface area contributed by atoms with E-state index in [-0.39, 0.29) is 18.6 Å². The maximum Gasteiger partial charge on any atom is 0.328 e. The van der Waals surface area contributed by atoms with Crippen LogP contribution < -0.4 is 5.32 Å². The van der Waals surface area contributed by atoms with Crippen molar-refractivity contribution in [1.82, 2.24) is 4.90 Å². The molecule has 0 spiro atoms. The number of anilines is 1. The van der Waals surface area contributed by atoms with Crippen LogP contribution in [0.1, 0.15) is 5.56 Å². The van der Waals surface area contributed by atoms with Gasteiger partial charge >= 0.3 is 5.97 Å². The van der Waals surface area contributed by atoms with Gasteiger partial charge in [-0.05, 0) is 11.6 Å². The van der Waals surface area contributed by atoms with E-state index in [1.54, 1.807) is 0 Å². The van der Waals surface area contributed by atoms with Crippen LogP contribution in [-0.2, 0) is 20.7 Å². The van der Waals surface area contributed by atoms with Gasteiger partial charge in [-0.1, -0.05) is 18.2 Å². The summed E-state index contributed by atoms with van der Waals surface area (Å²) in [5, 5.41) is 12.3. The van der Waals surface area contributed by atoms with Gasteiger partial charge in [-0.2, -0.15) is 0 Å². The monoisotopic (exact) mass is 276 g/mol. The van der Waals surface area contributed by atoms with E-state index in [1.807, 2.05) is 24.3 Å². The third-order valence-corrected chi connectivity index (χ3v) is 3.77. The van der Waals surface area contributed by atoms with Gasteiger partial charge in [-0.25, -0.2) is 4.79 Å². The van der Waals surface area contributed by atoms with Crippen molar-refractivity contribution >= 4 is 17.6 Å². The highest BCUT2D eigenvalue weighted by molar-refractivity contribution is 5.91. The van der Waals surface area contributed by atoms with Crippen LogP contribution in [0, 0.1) is 0 Å². The van der Waals surface area contributed by atoms with E-state index < -0.39 is 12.0 Å². The first kappa shape index (κ1) is 12.9. The molecule has 1 fully saturated rings. The molecule has 6 heteroatoms. The van der Waals surface area contributed by atoms with Crippen molar-refractivity contribution in [3.05, 3.63) is 29.8 Å².